The molecule has 3 nitrogen and oxygen atoms in total. The maximum Gasteiger partial charge on any atom is 0.254 e. The number of hydrogen-bond acceptors (Lipinski definition) is 2. The Labute approximate surface area is 102 Å². The van der Waals surface area contributed by atoms with Crippen molar-refractivity contribution in [3.05, 3.63) is 35.9 Å². The molecule has 1 aliphatic rings. The third kappa shape index (κ3) is 2.18. The lowest BCUT2D eigenvalue weighted by atomic mass is 10.1. The summed E-state index contributed by atoms with van der Waals surface area (Å²) in [6, 6.07) is 5.90. The highest BCUT2D eigenvalue weighted by Gasteiger charge is 2.31. The summed E-state index contributed by atoms with van der Waals surface area (Å²) in [6.45, 7) is 3.75. The van der Waals surface area contributed by atoms with E-state index in [0.29, 0.717) is 17.4 Å². The van der Waals surface area contributed by atoms with Crippen molar-refractivity contribution in [1.82, 2.24) is 4.90 Å². The van der Waals surface area contributed by atoms with Crippen LogP contribution < -0.4 is 4.74 Å². The Balaban J connectivity index is 2.36. The summed E-state index contributed by atoms with van der Waals surface area (Å²) in [5, 5.41) is 0. The van der Waals surface area contributed by atoms with Gasteiger partial charge >= 0.3 is 0 Å². The fourth-order valence-corrected chi connectivity index (χ4v) is 1.94. The predicted octanol–water partition coefficient (Wildman–Crippen LogP) is 2.57. The van der Waals surface area contributed by atoms with Crippen LogP contribution in [0.4, 0.5) is 0 Å². The fraction of sp³-hybridized carbons (Fsp3) is 0.357. The van der Waals surface area contributed by atoms with Gasteiger partial charge in [-0.3, -0.25) is 4.79 Å². The third-order valence-corrected chi connectivity index (χ3v) is 3.14. The van der Waals surface area contributed by atoms with Gasteiger partial charge < -0.3 is 9.64 Å². The first-order valence-corrected chi connectivity index (χ1v) is 5.75. The van der Waals surface area contributed by atoms with Crippen LogP contribution in [0, 0.1) is 0 Å². The molecular weight excluding hydrogens is 214 g/mol. The van der Waals surface area contributed by atoms with Gasteiger partial charge in [0, 0.05) is 18.7 Å². The molecule has 0 aromatic heterocycles. The normalized spacial score (nSPS) is 14.2. The molecule has 2 rings (SSSR count). The zero-order chi connectivity index (χ0) is 12.4. The van der Waals surface area contributed by atoms with E-state index < -0.39 is 0 Å². The maximum absolute atomic E-state index is 12.3. The van der Waals surface area contributed by atoms with Crippen molar-refractivity contribution in [2.75, 3.05) is 14.2 Å². The first kappa shape index (κ1) is 11.7. The molecule has 0 atom stereocenters. The Morgan fingerprint density at radius 2 is 2.24 bits per heavy atom. The van der Waals surface area contributed by atoms with E-state index in [0.717, 1.165) is 18.4 Å². The van der Waals surface area contributed by atoms with Crippen molar-refractivity contribution in [3.8, 4) is 5.75 Å². The number of carbonyl (C=O) groups is 1. The Kier molecular flexibility index (Phi) is 3.18. The molecule has 90 valence electrons. The van der Waals surface area contributed by atoms with E-state index in [2.05, 4.69) is 6.58 Å². The van der Waals surface area contributed by atoms with E-state index in [-0.39, 0.29) is 5.91 Å². The molecule has 0 heterocycles. The third-order valence-electron chi connectivity index (χ3n) is 3.14. The van der Waals surface area contributed by atoms with Crippen LogP contribution in [0.1, 0.15) is 28.8 Å². The first-order valence-electron chi connectivity index (χ1n) is 5.75. The van der Waals surface area contributed by atoms with Crippen molar-refractivity contribution in [1.29, 1.82) is 0 Å². The van der Waals surface area contributed by atoms with Gasteiger partial charge in [0.1, 0.15) is 5.75 Å². The number of methoxy groups -OCH3 is 1. The smallest absolute Gasteiger partial charge is 0.254 e. The van der Waals surface area contributed by atoms with Gasteiger partial charge in [0.25, 0.3) is 5.91 Å². The van der Waals surface area contributed by atoms with Crippen LogP contribution in [-0.4, -0.2) is 31.0 Å². The van der Waals surface area contributed by atoms with Gasteiger partial charge in [-0.2, -0.15) is 0 Å². The van der Waals surface area contributed by atoms with Crippen molar-refractivity contribution in [3.63, 3.8) is 0 Å². The molecule has 0 bridgehead atoms. The van der Waals surface area contributed by atoms with Crippen LogP contribution in [0.3, 0.4) is 0 Å². The van der Waals surface area contributed by atoms with Crippen LogP contribution in [0.25, 0.3) is 6.08 Å². The minimum atomic E-state index is 0.0429. The highest BCUT2D eigenvalue weighted by atomic mass is 16.5. The molecule has 3 heteroatoms. The largest absolute Gasteiger partial charge is 0.496 e. The average Bonchev–Trinajstić information content (AvgIpc) is 3.20. The zero-order valence-electron chi connectivity index (χ0n) is 10.3. The number of ether oxygens (including phenoxy) is 1. The highest BCUT2D eigenvalue weighted by molar-refractivity contribution is 5.98. The Bertz CT molecular complexity index is 450. The topological polar surface area (TPSA) is 29.5 Å². The number of amides is 1. The van der Waals surface area contributed by atoms with Gasteiger partial charge in [0.15, 0.2) is 0 Å². The quantitative estimate of drug-likeness (QED) is 0.797. The summed E-state index contributed by atoms with van der Waals surface area (Å²) in [5.41, 5.74) is 1.43. The fourth-order valence-electron chi connectivity index (χ4n) is 1.94. The highest BCUT2D eigenvalue weighted by Crippen LogP contribution is 2.29. The van der Waals surface area contributed by atoms with Gasteiger partial charge in [-0.05, 0) is 25.0 Å². The molecule has 0 aliphatic heterocycles. The van der Waals surface area contributed by atoms with Crippen molar-refractivity contribution < 1.29 is 9.53 Å². The molecule has 0 saturated heterocycles. The van der Waals surface area contributed by atoms with Crippen LogP contribution >= 0.6 is 0 Å². The van der Waals surface area contributed by atoms with E-state index in [4.69, 9.17) is 4.74 Å². The molecule has 1 fully saturated rings. The van der Waals surface area contributed by atoms with Crippen LogP contribution in [0.15, 0.2) is 24.8 Å². The molecule has 1 aromatic carbocycles. The Morgan fingerprint density at radius 3 is 2.76 bits per heavy atom. The van der Waals surface area contributed by atoms with Crippen molar-refractivity contribution in [2.24, 2.45) is 0 Å². The first-order chi connectivity index (χ1) is 8.19. The molecule has 1 aromatic rings. The molecule has 0 unspecified atom stereocenters. The molecule has 0 spiro atoms. The van der Waals surface area contributed by atoms with Gasteiger partial charge in [-0.1, -0.05) is 18.7 Å². The van der Waals surface area contributed by atoms with Crippen LogP contribution in [-0.2, 0) is 0 Å². The van der Waals surface area contributed by atoms with E-state index >= 15 is 0 Å². The summed E-state index contributed by atoms with van der Waals surface area (Å²) in [5.74, 6) is 0.733. The molecule has 1 amide bonds. The van der Waals surface area contributed by atoms with Crippen LogP contribution in [0.2, 0.25) is 0 Å². The molecule has 1 saturated carbocycles. The standard InChI is InChI=1S/C14H17NO2/c1-4-11-12(6-5-7-13(11)17-3)14(16)15(2)10-8-9-10/h4-7,10H,1,8-9H2,2-3H3. The van der Waals surface area contributed by atoms with Crippen LogP contribution in [0.5, 0.6) is 5.75 Å². The summed E-state index contributed by atoms with van der Waals surface area (Å²) in [4.78, 5) is 14.1. The lowest BCUT2D eigenvalue weighted by molar-refractivity contribution is 0.0784. The molecule has 0 radical (unpaired) electrons. The van der Waals surface area contributed by atoms with E-state index in [1.54, 1.807) is 13.2 Å². The average molecular weight is 231 g/mol. The summed E-state index contributed by atoms with van der Waals surface area (Å²) < 4.78 is 5.24. The lowest BCUT2D eigenvalue weighted by Gasteiger charge is -2.18. The Morgan fingerprint density at radius 1 is 1.53 bits per heavy atom. The summed E-state index contributed by atoms with van der Waals surface area (Å²) in [6.07, 6.45) is 3.89. The molecule has 0 N–H and O–H groups in total. The van der Waals surface area contributed by atoms with Gasteiger partial charge in [-0.25, -0.2) is 0 Å². The molecule has 17 heavy (non-hydrogen) atoms. The molecule has 1 aliphatic carbocycles. The number of carbonyl (C=O) groups excluding carboxylic acids is 1. The SMILES string of the molecule is C=Cc1c(OC)cccc1C(=O)N(C)C1CC1. The van der Waals surface area contributed by atoms with E-state index in [1.807, 2.05) is 30.1 Å². The number of nitrogens with zero attached hydrogens (tertiary/aromatic N) is 1. The zero-order valence-corrected chi connectivity index (χ0v) is 10.3. The van der Waals surface area contributed by atoms with E-state index in [9.17, 15) is 4.79 Å². The Hall–Kier alpha value is -1.77. The minimum Gasteiger partial charge on any atom is -0.496 e. The van der Waals surface area contributed by atoms with Crippen molar-refractivity contribution >= 4 is 12.0 Å². The van der Waals surface area contributed by atoms with Gasteiger partial charge in [0.05, 0.1) is 12.7 Å². The van der Waals surface area contributed by atoms with Crippen molar-refractivity contribution in [2.45, 2.75) is 18.9 Å². The second-order valence-corrected chi connectivity index (χ2v) is 4.27. The number of hydrogen-bond donors (Lipinski definition) is 0. The van der Waals surface area contributed by atoms with Gasteiger partial charge in [-0.15, -0.1) is 0 Å². The van der Waals surface area contributed by atoms with E-state index in [1.165, 1.54) is 0 Å². The predicted molar refractivity (Wildman–Crippen MR) is 68.2 cm³/mol. The second kappa shape index (κ2) is 4.62. The molecular formula is C14H17NO2. The summed E-state index contributed by atoms with van der Waals surface area (Å²) >= 11 is 0. The lowest BCUT2D eigenvalue weighted by Crippen LogP contribution is -2.29. The monoisotopic (exact) mass is 231 g/mol. The minimum absolute atomic E-state index is 0.0429. The number of rotatable bonds is 4. The number of benzene rings is 1. The second-order valence-electron chi connectivity index (χ2n) is 4.27. The maximum atomic E-state index is 12.3. The van der Waals surface area contributed by atoms with Gasteiger partial charge in [0.2, 0.25) is 0 Å². The summed E-state index contributed by atoms with van der Waals surface area (Å²) in [7, 11) is 3.45.